The van der Waals surface area contributed by atoms with E-state index in [4.69, 9.17) is 0 Å². The number of carbonyl (C=O) groups excluding carboxylic acids is 2. The first-order valence-electron chi connectivity index (χ1n) is 5.45. The maximum absolute atomic E-state index is 11.2. The van der Waals surface area contributed by atoms with E-state index < -0.39 is 0 Å². The number of hydrogen-bond donors (Lipinski definition) is 3. The van der Waals surface area contributed by atoms with Crippen LogP contribution in [0.4, 0.5) is 0 Å². The zero-order chi connectivity index (χ0) is 12.3. The van der Waals surface area contributed by atoms with Crippen LogP contribution in [-0.4, -0.2) is 36.6 Å². The maximum atomic E-state index is 11.2. The van der Waals surface area contributed by atoms with Crippen molar-refractivity contribution in [3.63, 3.8) is 0 Å². The molecule has 1 aromatic rings. The minimum atomic E-state index is -0.381. The molecule has 2 rings (SSSR count). The highest BCUT2D eigenvalue weighted by Gasteiger charge is 2.20. The number of rotatable bonds is 4. The van der Waals surface area contributed by atoms with Crippen LogP contribution in [0.15, 0.2) is 12.1 Å². The van der Waals surface area contributed by atoms with Crippen molar-refractivity contribution < 1.29 is 14.3 Å². The lowest BCUT2D eigenvalue weighted by Crippen LogP contribution is -2.30. The fourth-order valence-corrected chi connectivity index (χ4v) is 1.78. The highest BCUT2D eigenvalue weighted by molar-refractivity contribution is 5.87. The zero-order valence-electron chi connectivity index (χ0n) is 9.58. The number of aromatic nitrogens is 1. The number of nitrogens with one attached hydrogen (secondary N) is 3. The Labute approximate surface area is 98.7 Å². The number of carbonyl (C=O) groups is 2. The van der Waals surface area contributed by atoms with Gasteiger partial charge < -0.3 is 20.4 Å². The molecule has 1 aromatic heterocycles. The van der Waals surface area contributed by atoms with E-state index in [0.717, 1.165) is 5.69 Å². The summed E-state index contributed by atoms with van der Waals surface area (Å²) < 4.78 is 4.60. The molecular formula is C11H15N3O3. The molecule has 1 aliphatic rings. The molecule has 6 nitrogen and oxygen atoms in total. The summed E-state index contributed by atoms with van der Waals surface area (Å²) in [6.07, 6.45) is 0.505. The van der Waals surface area contributed by atoms with Gasteiger partial charge in [0.1, 0.15) is 5.69 Å². The van der Waals surface area contributed by atoms with Crippen molar-refractivity contribution in [2.24, 2.45) is 0 Å². The van der Waals surface area contributed by atoms with Gasteiger partial charge in [0.05, 0.1) is 7.11 Å². The molecule has 17 heavy (non-hydrogen) atoms. The molecule has 0 bridgehead atoms. The molecule has 92 valence electrons. The largest absolute Gasteiger partial charge is 0.464 e. The van der Waals surface area contributed by atoms with Crippen molar-refractivity contribution in [1.82, 2.24) is 15.6 Å². The number of amides is 1. The minimum Gasteiger partial charge on any atom is -0.464 e. The zero-order valence-corrected chi connectivity index (χ0v) is 9.58. The molecule has 6 heteroatoms. The molecule has 3 N–H and O–H groups in total. The SMILES string of the molecule is COC(=O)c1ccc(CNC2CNC(=O)C2)[nH]1. The van der Waals surface area contributed by atoms with Gasteiger partial charge in [0.25, 0.3) is 0 Å². The Morgan fingerprint density at radius 3 is 3.06 bits per heavy atom. The quantitative estimate of drug-likeness (QED) is 0.632. The Hall–Kier alpha value is -1.82. The number of methoxy groups -OCH3 is 1. The molecule has 1 atom stereocenters. The third-order valence-electron chi connectivity index (χ3n) is 2.71. The normalized spacial score (nSPS) is 19.1. The van der Waals surface area contributed by atoms with E-state index in [1.807, 2.05) is 6.07 Å². The molecule has 2 heterocycles. The van der Waals surface area contributed by atoms with Crippen molar-refractivity contribution in [2.45, 2.75) is 19.0 Å². The predicted octanol–water partition coefficient (Wildman–Crippen LogP) is -0.221. The van der Waals surface area contributed by atoms with Crippen LogP contribution in [0.1, 0.15) is 22.6 Å². The highest BCUT2D eigenvalue weighted by Crippen LogP contribution is 2.05. The number of ether oxygens (including phenoxy) is 1. The van der Waals surface area contributed by atoms with Gasteiger partial charge in [-0.3, -0.25) is 4.79 Å². The summed E-state index contributed by atoms with van der Waals surface area (Å²) >= 11 is 0. The summed E-state index contributed by atoms with van der Waals surface area (Å²) in [5, 5.41) is 5.98. The van der Waals surface area contributed by atoms with Crippen LogP contribution < -0.4 is 10.6 Å². The summed E-state index contributed by atoms with van der Waals surface area (Å²) in [7, 11) is 1.34. The summed E-state index contributed by atoms with van der Waals surface area (Å²) in [6.45, 7) is 1.25. The number of H-pyrrole nitrogens is 1. The lowest BCUT2D eigenvalue weighted by molar-refractivity contribution is -0.119. The predicted molar refractivity (Wildman–Crippen MR) is 60.4 cm³/mol. The second kappa shape index (κ2) is 5.01. The molecule has 0 aliphatic carbocycles. The van der Waals surface area contributed by atoms with Crippen molar-refractivity contribution in [3.05, 3.63) is 23.5 Å². The molecule has 1 unspecified atom stereocenters. The van der Waals surface area contributed by atoms with Gasteiger partial charge in [-0.05, 0) is 12.1 Å². The molecule has 0 saturated carbocycles. The van der Waals surface area contributed by atoms with Crippen LogP contribution in [-0.2, 0) is 16.1 Å². The first-order valence-corrected chi connectivity index (χ1v) is 5.45. The second-order valence-electron chi connectivity index (χ2n) is 3.97. The van der Waals surface area contributed by atoms with Gasteiger partial charge in [0.2, 0.25) is 5.91 Å². The molecule has 0 aromatic carbocycles. The monoisotopic (exact) mass is 237 g/mol. The first kappa shape index (κ1) is 11.7. The summed E-state index contributed by atoms with van der Waals surface area (Å²) in [5.41, 5.74) is 1.33. The van der Waals surface area contributed by atoms with Crippen LogP contribution in [0.3, 0.4) is 0 Å². The van der Waals surface area contributed by atoms with E-state index in [-0.39, 0.29) is 17.9 Å². The van der Waals surface area contributed by atoms with Crippen LogP contribution >= 0.6 is 0 Å². The maximum Gasteiger partial charge on any atom is 0.354 e. The van der Waals surface area contributed by atoms with Crippen LogP contribution in [0.5, 0.6) is 0 Å². The van der Waals surface area contributed by atoms with Crippen molar-refractivity contribution in [1.29, 1.82) is 0 Å². The van der Waals surface area contributed by atoms with E-state index in [2.05, 4.69) is 20.4 Å². The van der Waals surface area contributed by atoms with Crippen molar-refractivity contribution >= 4 is 11.9 Å². The lowest BCUT2D eigenvalue weighted by atomic mass is 10.2. The van der Waals surface area contributed by atoms with Gasteiger partial charge in [0, 0.05) is 31.2 Å². The molecule has 1 fully saturated rings. The molecular weight excluding hydrogens is 222 g/mol. The fraction of sp³-hybridized carbons (Fsp3) is 0.455. The standard InChI is InChI=1S/C11H15N3O3/c1-17-11(16)9-3-2-7(14-9)5-12-8-4-10(15)13-6-8/h2-3,8,12,14H,4-6H2,1H3,(H,13,15). The van der Waals surface area contributed by atoms with Gasteiger partial charge in [-0.1, -0.05) is 0 Å². The lowest BCUT2D eigenvalue weighted by Gasteiger charge is -2.08. The number of esters is 1. The van der Waals surface area contributed by atoms with Crippen LogP contribution in [0.2, 0.25) is 0 Å². The molecule has 1 amide bonds. The van der Waals surface area contributed by atoms with Gasteiger partial charge in [0.15, 0.2) is 0 Å². The second-order valence-corrected chi connectivity index (χ2v) is 3.97. The first-order chi connectivity index (χ1) is 8.19. The highest BCUT2D eigenvalue weighted by atomic mass is 16.5. The van der Waals surface area contributed by atoms with Crippen LogP contribution in [0.25, 0.3) is 0 Å². The van der Waals surface area contributed by atoms with E-state index >= 15 is 0 Å². The Bertz CT molecular complexity index is 427. The Kier molecular flexibility index (Phi) is 3.43. The van der Waals surface area contributed by atoms with Crippen LogP contribution in [0, 0.1) is 0 Å². The van der Waals surface area contributed by atoms with E-state index in [0.29, 0.717) is 25.2 Å². The Morgan fingerprint density at radius 2 is 2.41 bits per heavy atom. The van der Waals surface area contributed by atoms with Gasteiger partial charge in [-0.15, -0.1) is 0 Å². The third-order valence-corrected chi connectivity index (χ3v) is 2.71. The van der Waals surface area contributed by atoms with E-state index in [1.165, 1.54) is 7.11 Å². The Morgan fingerprint density at radius 1 is 1.59 bits per heavy atom. The molecule has 0 radical (unpaired) electrons. The number of hydrogen-bond acceptors (Lipinski definition) is 4. The van der Waals surface area contributed by atoms with E-state index in [1.54, 1.807) is 6.07 Å². The average Bonchev–Trinajstić information content (AvgIpc) is 2.94. The molecule has 1 saturated heterocycles. The average molecular weight is 237 g/mol. The smallest absolute Gasteiger partial charge is 0.354 e. The summed E-state index contributed by atoms with van der Waals surface area (Å²) in [4.78, 5) is 25.1. The van der Waals surface area contributed by atoms with Crippen molar-refractivity contribution in [2.75, 3.05) is 13.7 Å². The number of aromatic amines is 1. The topological polar surface area (TPSA) is 83.2 Å². The van der Waals surface area contributed by atoms with Gasteiger partial charge in [-0.2, -0.15) is 0 Å². The molecule has 0 spiro atoms. The molecule has 1 aliphatic heterocycles. The Balaban J connectivity index is 1.85. The summed E-state index contributed by atoms with van der Waals surface area (Å²) in [6, 6.07) is 3.66. The third kappa shape index (κ3) is 2.85. The summed E-state index contributed by atoms with van der Waals surface area (Å²) in [5.74, 6) is -0.307. The van der Waals surface area contributed by atoms with E-state index in [9.17, 15) is 9.59 Å². The van der Waals surface area contributed by atoms with Crippen molar-refractivity contribution in [3.8, 4) is 0 Å². The fourth-order valence-electron chi connectivity index (χ4n) is 1.78. The van der Waals surface area contributed by atoms with Gasteiger partial charge in [-0.25, -0.2) is 4.79 Å². The minimum absolute atomic E-state index is 0.0734. The van der Waals surface area contributed by atoms with Gasteiger partial charge >= 0.3 is 5.97 Å².